The molecule has 102 valence electrons. The van der Waals surface area contributed by atoms with Gasteiger partial charge in [0.25, 0.3) is 0 Å². The van der Waals surface area contributed by atoms with Crippen LogP contribution in [0.5, 0.6) is 0 Å². The van der Waals surface area contributed by atoms with E-state index in [0.717, 1.165) is 42.9 Å². The zero-order valence-corrected chi connectivity index (χ0v) is 12.5. The van der Waals surface area contributed by atoms with Gasteiger partial charge in [-0.1, -0.05) is 6.92 Å². The molecule has 0 spiro atoms. The van der Waals surface area contributed by atoms with Crippen molar-refractivity contribution >= 4 is 21.2 Å². The van der Waals surface area contributed by atoms with E-state index in [9.17, 15) is 8.42 Å². The molecule has 18 heavy (non-hydrogen) atoms. The van der Waals surface area contributed by atoms with Crippen LogP contribution in [0.1, 0.15) is 47.8 Å². The van der Waals surface area contributed by atoms with Crippen LogP contribution in [0.25, 0.3) is 0 Å². The highest BCUT2D eigenvalue weighted by Crippen LogP contribution is 2.33. The first-order chi connectivity index (χ1) is 8.49. The highest BCUT2D eigenvalue weighted by atomic mass is 32.2. The molecule has 0 fully saturated rings. The van der Waals surface area contributed by atoms with Gasteiger partial charge in [-0.15, -0.1) is 11.3 Å². The second-order valence-corrected chi connectivity index (χ2v) is 8.19. The predicted molar refractivity (Wildman–Crippen MR) is 74.6 cm³/mol. The molecule has 0 aromatic carbocycles. The van der Waals surface area contributed by atoms with Crippen LogP contribution in [0.3, 0.4) is 0 Å². The van der Waals surface area contributed by atoms with E-state index >= 15 is 0 Å². The van der Waals surface area contributed by atoms with Gasteiger partial charge in [0.1, 0.15) is 10.8 Å². The smallest absolute Gasteiger partial charge is 0.153 e. The van der Waals surface area contributed by atoms with Crippen LogP contribution in [0.2, 0.25) is 0 Å². The van der Waals surface area contributed by atoms with Gasteiger partial charge in [0.05, 0.1) is 11.7 Å². The van der Waals surface area contributed by atoms with E-state index in [0.29, 0.717) is 6.04 Å². The second kappa shape index (κ2) is 5.67. The van der Waals surface area contributed by atoms with Crippen molar-refractivity contribution in [3.05, 3.63) is 15.6 Å². The number of sulfone groups is 1. The molecule has 1 aliphatic carbocycles. The summed E-state index contributed by atoms with van der Waals surface area (Å²) in [7, 11) is -2.98. The number of nitrogens with zero attached hydrogens (tertiary/aromatic N) is 1. The SMILES string of the molecule is CCCNC1CCCc2sc(CS(C)(=O)=O)nc21. The molecule has 1 aromatic rings. The molecule has 1 heterocycles. The maximum absolute atomic E-state index is 11.3. The molecule has 0 saturated heterocycles. The van der Waals surface area contributed by atoms with E-state index < -0.39 is 9.84 Å². The molecule has 6 heteroatoms. The summed E-state index contributed by atoms with van der Waals surface area (Å²) < 4.78 is 22.6. The molecule has 1 aromatic heterocycles. The first-order valence-corrected chi connectivity index (χ1v) is 9.27. The molecule has 1 aliphatic rings. The summed E-state index contributed by atoms with van der Waals surface area (Å²) in [6.45, 7) is 3.13. The number of fused-ring (bicyclic) bond motifs is 1. The Hall–Kier alpha value is -0.460. The van der Waals surface area contributed by atoms with Crippen molar-refractivity contribution < 1.29 is 8.42 Å². The lowest BCUT2D eigenvalue weighted by Gasteiger charge is -2.22. The number of nitrogens with one attached hydrogen (secondary N) is 1. The van der Waals surface area contributed by atoms with Gasteiger partial charge in [-0.05, 0) is 32.2 Å². The van der Waals surface area contributed by atoms with Crippen molar-refractivity contribution in [3.8, 4) is 0 Å². The summed E-state index contributed by atoms with van der Waals surface area (Å²) in [5.41, 5.74) is 1.10. The number of aryl methyl sites for hydroxylation is 1. The fraction of sp³-hybridized carbons (Fsp3) is 0.750. The second-order valence-electron chi connectivity index (χ2n) is 4.89. The summed E-state index contributed by atoms with van der Waals surface area (Å²) >= 11 is 1.57. The Labute approximate surface area is 113 Å². The van der Waals surface area contributed by atoms with Crippen LogP contribution in [-0.2, 0) is 22.0 Å². The van der Waals surface area contributed by atoms with Crippen LogP contribution < -0.4 is 5.32 Å². The highest BCUT2D eigenvalue weighted by molar-refractivity contribution is 7.90. The molecule has 0 radical (unpaired) electrons. The molecular formula is C12H20N2O2S2. The zero-order valence-electron chi connectivity index (χ0n) is 10.9. The number of thiazole rings is 1. The van der Waals surface area contributed by atoms with Gasteiger partial charge in [-0.2, -0.15) is 0 Å². The molecule has 0 saturated carbocycles. The van der Waals surface area contributed by atoms with E-state index in [1.165, 1.54) is 11.1 Å². The summed E-state index contributed by atoms with van der Waals surface area (Å²) in [4.78, 5) is 5.82. The zero-order chi connectivity index (χ0) is 13.2. The van der Waals surface area contributed by atoms with Gasteiger partial charge in [-0.25, -0.2) is 13.4 Å². The molecular weight excluding hydrogens is 268 g/mol. The molecule has 1 unspecified atom stereocenters. The summed E-state index contributed by atoms with van der Waals surface area (Å²) in [6, 6.07) is 0.318. The maximum atomic E-state index is 11.3. The first kappa shape index (κ1) is 14.0. The van der Waals surface area contributed by atoms with Gasteiger partial charge < -0.3 is 5.32 Å². The Morgan fingerprint density at radius 1 is 1.50 bits per heavy atom. The van der Waals surface area contributed by atoms with Crippen LogP contribution >= 0.6 is 11.3 Å². The largest absolute Gasteiger partial charge is 0.309 e. The molecule has 2 rings (SSSR count). The minimum atomic E-state index is -2.98. The van der Waals surface area contributed by atoms with Crippen molar-refractivity contribution in [1.82, 2.24) is 10.3 Å². The summed E-state index contributed by atoms with van der Waals surface area (Å²) in [5, 5.41) is 4.24. The van der Waals surface area contributed by atoms with Gasteiger partial charge in [0, 0.05) is 11.1 Å². The van der Waals surface area contributed by atoms with E-state index in [1.54, 1.807) is 11.3 Å². The van der Waals surface area contributed by atoms with Crippen molar-refractivity contribution in [2.24, 2.45) is 0 Å². The average molecular weight is 288 g/mol. The molecule has 1 atom stereocenters. The third kappa shape index (κ3) is 3.52. The number of hydrogen-bond donors (Lipinski definition) is 1. The molecule has 4 nitrogen and oxygen atoms in total. The molecule has 1 N–H and O–H groups in total. The van der Waals surface area contributed by atoms with Gasteiger partial charge in [0.15, 0.2) is 9.84 Å². The Balaban J connectivity index is 2.18. The Morgan fingerprint density at radius 2 is 2.28 bits per heavy atom. The monoisotopic (exact) mass is 288 g/mol. The molecule has 0 aliphatic heterocycles. The van der Waals surface area contributed by atoms with E-state index in [-0.39, 0.29) is 5.75 Å². The first-order valence-electron chi connectivity index (χ1n) is 6.39. The van der Waals surface area contributed by atoms with Crippen molar-refractivity contribution in [1.29, 1.82) is 0 Å². The predicted octanol–water partition coefficient (Wildman–Crippen LogP) is 2.06. The Morgan fingerprint density at radius 3 is 2.94 bits per heavy atom. The third-order valence-corrected chi connectivity index (χ3v) is 5.14. The summed E-state index contributed by atoms with van der Waals surface area (Å²) in [6.07, 6.45) is 5.68. The van der Waals surface area contributed by atoms with Crippen LogP contribution in [0, 0.1) is 0 Å². The Kier molecular flexibility index (Phi) is 4.40. The van der Waals surface area contributed by atoms with Crippen molar-refractivity contribution in [2.45, 2.75) is 44.4 Å². The average Bonchev–Trinajstić information content (AvgIpc) is 2.66. The quantitative estimate of drug-likeness (QED) is 0.901. The van der Waals surface area contributed by atoms with Crippen LogP contribution in [0.15, 0.2) is 0 Å². The normalized spacial score (nSPS) is 19.8. The van der Waals surface area contributed by atoms with Gasteiger partial charge in [-0.3, -0.25) is 0 Å². The third-order valence-electron chi connectivity index (χ3n) is 3.02. The van der Waals surface area contributed by atoms with E-state index in [2.05, 4.69) is 17.2 Å². The van der Waals surface area contributed by atoms with E-state index in [1.807, 2.05) is 0 Å². The maximum Gasteiger partial charge on any atom is 0.153 e. The van der Waals surface area contributed by atoms with Gasteiger partial charge >= 0.3 is 0 Å². The molecule has 0 amide bonds. The number of rotatable bonds is 5. The van der Waals surface area contributed by atoms with Crippen LogP contribution in [0.4, 0.5) is 0 Å². The number of hydrogen-bond acceptors (Lipinski definition) is 5. The van der Waals surface area contributed by atoms with Crippen molar-refractivity contribution in [2.75, 3.05) is 12.8 Å². The van der Waals surface area contributed by atoms with Gasteiger partial charge in [0.2, 0.25) is 0 Å². The lowest BCUT2D eigenvalue weighted by molar-refractivity contribution is 0.454. The minimum absolute atomic E-state index is 0.0746. The minimum Gasteiger partial charge on any atom is -0.309 e. The van der Waals surface area contributed by atoms with Crippen molar-refractivity contribution in [3.63, 3.8) is 0 Å². The standard InChI is InChI=1S/C12H20N2O2S2/c1-3-7-13-9-5-4-6-10-12(9)14-11(17-10)8-18(2,15)16/h9,13H,3-8H2,1-2H3. The highest BCUT2D eigenvalue weighted by Gasteiger charge is 2.24. The molecule has 0 bridgehead atoms. The lowest BCUT2D eigenvalue weighted by atomic mass is 9.97. The fourth-order valence-corrected chi connectivity index (χ4v) is 4.63. The lowest BCUT2D eigenvalue weighted by Crippen LogP contribution is -2.25. The topological polar surface area (TPSA) is 59.1 Å². The van der Waals surface area contributed by atoms with E-state index in [4.69, 9.17) is 0 Å². The fourth-order valence-electron chi connectivity index (χ4n) is 2.27. The van der Waals surface area contributed by atoms with Crippen LogP contribution in [-0.4, -0.2) is 26.2 Å². The Bertz CT molecular complexity index is 508. The number of aromatic nitrogens is 1. The summed E-state index contributed by atoms with van der Waals surface area (Å²) in [5.74, 6) is 0.0746.